The first-order valence-corrected chi connectivity index (χ1v) is 12.3. The molecule has 0 radical (unpaired) electrons. The number of benzene rings is 1. The summed E-state index contributed by atoms with van der Waals surface area (Å²) < 4.78 is 25.3. The Bertz CT molecular complexity index is 941. The van der Waals surface area contributed by atoms with Gasteiger partial charge in [0.2, 0.25) is 10.0 Å². The number of piperidine rings is 1. The van der Waals surface area contributed by atoms with Gasteiger partial charge < -0.3 is 10.2 Å². The van der Waals surface area contributed by atoms with Crippen molar-refractivity contribution >= 4 is 33.2 Å². The molecule has 2 amide bonds. The van der Waals surface area contributed by atoms with Gasteiger partial charge in [-0.3, -0.25) is 9.59 Å². The van der Waals surface area contributed by atoms with E-state index in [1.165, 1.54) is 11.3 Å². The van der Waals surface area contributed by atoms with Crippen LogP contribution in [0.15, 0.2) is 41.8 Å². The lowest BCUT2D eigenvalue weighted by molar-refractivity contribution is 0.0618. The Hall–Kier alpha value is -2.23. The summed E-state index contributed by atoms with van der Waals surface area (Å²) in [7, 11) is -3.29. The molecule has 29 heavy (non-hydrogen) atoms. The summed E-state index contributed by atoms with van der Waals surface area (Å²) in [6.45, 7) is 1.24. The first kappa shape index (κ1) is 21.5. The SMILES string of the molecule is CS(=O)(=O)NCC1CCCCN1C(=O)c1ccc(CNC(=O)c2cccs2)cc1. The number of likely N-dealkylation sites (tertiary alicyclic amines) is 1. The number of hydrogen-bond donors (Lipinski definition) is 2. The van der Waals surface area contributed by atoms with E-state index in [0.717, 1.165) is 31.1 Å². The van der Waals surface area contributed by atoms with Crippen LogP contribution in [0.5, 0.6) is 0 Å². The maximum Gasteiger partial charge on any atom is 0.261 e. The van der Waals surface area contributed by atoms with Gasteiger partial charge in [-0.2, -0.15) is 0 Å². The quantitative estimate of drug-likeness (QED) is 0.697. The number of carbonyl (C=O) groups excluding carboxylic acids is 2. The number of rotatable bonds is 7. The minimum atomic E-state index is -3.29. The van der Waals surface area contributed by atoms with Crippen molar-refractivity contribution in [3.63, 3.8) is 0 Å². The number of nitrogens with zero attached hydrogens (tertiary/aromatic N) is 1. The van der Waals surface area contributed by atoms with Crippen LogP contribution in [0.25, 0.3) is 0 Å². The van der Waals surface area contributed by atoms with Crippen LogP contribution >= 0.6 is 11.3 Å². The summed E-state index contributed by atoms with van der Waals surface area (Å²) in [4.78, 5) is 27.4. The van der Waals surface area contributed by atoms with Crippen LogP contribution in [-0.4, -0.2) is 50.5 Å². The fraction of sp³-hybridized carbons (Fsp3) is 0.400. The monoisotopic (exact) mass is 435 g/mol. The van der Waals surface area contributed by atoms with Gasteiger partial charge in [-0.15, -0.1) is 11.3 Å². The van der Waals surface area contributed by atoms with Crippen molar-refractivity contribution in [3.05, 3.63) is 57.8 Å². The van der Waals surface area contributed by atoms with Crippen molar-refractivity contribution in [2.45, 2.75) is 31.8 Å². The summed E-state index contributed by atoms with van der Waals surface area (Å²) in [5, 5.41) is 4.72. The Kier molecular flexibility index (Phi) is 7.05. The van der Waals surface area contributed by atoms with Crippen molar-refractivity contribution in [1.29, 1.82) is 0 Å². The average molecular weight is 436 g/mol. The van der Waals surface area contributed by atoms with Gasteiger partial charge in [0.1, 0.15) is 0 Å². The second kappa shape index (κ2) is 9.51. The largest absolute Gasteiger partial charge is 0.347 e. The molecule has 1 fully saturated rings. The Balaban J connectivity index is 1.60. The molecule has 1 aliphatic rings. The molecule has 2 aromatic rings. The smallest absolute Gasteiger partial charge is 0.261 e. The molecule has 0 spiro atoms. The number of amides is 2. The first-order valence-electron chi connectivity index (χ1n) is 9.50. The molecule has 1 aromatic heterocycles. The fourth-order valence-electron chi connectivity index (χ4n) is 3.34. The Morgan fingerprint density at radius 2 is 1.93 bits per heavy atom. The van der Waals surface area contributed by atoms with E-state index in [-0.39, 0.29) is 24.4 Å². The third kappa shape index (κ3) is 6.12. The minimum Gasteiger partial charge on any atom is -0.347 e. The van der Waals surface area contributed by atoms with Crippen molar-refractivity contribution < 1.29 is 18.0 Å². The topological polar surface area (TPSA) is 95.6 Å². The van der Waals surface area contributed by atoms with Crippen LogP contribution in [-0.2, 0) is 16.6 Å². The molecule has 2 heterocycles. The van der Waals surface area contributed by atoms with Crippen LogP contribution in [0, 0.1) is 0 Å². The molecule has 0 saturated carbocycles. The summed E-state index contributed by atoms with van der Waals surface area (Å²) in [5.74, 6) is -0.214. The second-order valence-electron chi connectivity index (χ2n) is 7.13. The van der Waals surface area contributed by atoms with Gasteiger partial charge in [-0.05, 0) is 48.4 Å². The number of nitrogens with one attached hydrogen (secondary N) is 2. The molecule has 0 aliphatic carbocycles. The van der Waals surface area contributed by atoms with E-state index < -0.39 is 10.0 Å². The summed E-state index contributed by atoms with van der Waals surface area (Å²) in [6.07, 6.45) is 3.79. The summed E-state index contributed by atoms with van der Waals surface area (Å²) in [5.41, 5.74) is 1.46. The fourth-order valence-corrected chi connectivity index (χ4v) is 4.47. The molecule has 9 heteroatoms. The zero-order valence-electron chi connectivity index (χ0n) is 16.3. The highest BCUT2D eigenvalue weighted by atomic mass is 32.2. The number of thiophene rings is 1. The van der Waals surface area contributed by atoms with Gasteiger partial charge in [-0.25, -0.2) is 13.1 Å². The highest BCUT2D eigenvalue weighted by Gasteiger charge is 2.28. The lowest BCUT2D eigenvalue weighted by atomic mass is 10.0. The van der Waals surface area contributed by atoms with Crippen molar-refractivity contribution in [2.75, 3.05) is 19.3 Å². The molecule has 1 atom stereocenters. The van der Waals surface area contributed by atoms with Gasteiger partial charge in [-0.1, -0.05) is 18.2 Å². The highest BCUT2D eigenvalue weighted by Crippen LogP contribution is 2.20. The molecule has 7 nitrogen and oxygen atoms in total. The highest BCUT2D eigenvalue weighted by molar-refractivity contribution is 7.88. The molecular formula is C20H25N3O4S2. The van der Waals surface area contributed by atoms with Crippen LogP contribution < -0.4 is 10.0 Å². The molecule has 156 valence electrons. The van der Waals surface area contributed by atoms with Crippen molar-refractivity contribution in [3.8, 4) is 0 Å². The molecule has 1 unspecified atom stereocenters. The molecule has 1 saturated heterocycles. The zero-order valence-corrected chi connectivity index (χ0v) is 17.9. The zero-order chi connectivity index (χ0) is 20.9. The molecular weight excluding hydrogens is 410 g/mol. The van der Waals surface area contributed by atoms with E-state index in [1.54, 1.807) is 23.1 Å². The third-order valence-electron chi connectivity index (χ3n) is 4.87. The lowest BCUT2D eigenvalue weighted by Gasteiger charge is -2.35. The van der Waals surface area contributed by atoms with Crippen LogP contribution in [0.1, 0.15) is 44.9 Å². The van der Waals surface area contributed by atoms with E-state index in [1.807, 2.05) is 23.6 Å². The van der Waals surface area contributed by atoms with E-state index in [9.17, 15) is 18.0 Å². The number of carbonyl (C=O) groups is 2. The van der Waals surface area contributed by atoms with Crippen molar-refractivity contribution in [1.82, 2.24) is 14.9 Å². The van der Waals surface area contributed by atoms with Crippen LogP contribution in [0.3, 0.4) is 0 Å². The van der Waals surface area contributed by atoms with E-state index >= 15 is 0 Å². The predicted molar refractivity (Wildman–Crippen MR) is 113 cm³/mol. The standard InChI is InChI=1S/C20H25N3O4S2/c1-29(26,27)22-14-17-5-2-3-11-23(17)20(25)16-9-7-15(8-10-16)13-21-19(24)18-6-4-12-28-18/h4,6-10,12,17,22H,2-3,5,11,13-14H2,1H3,(H,21,24). The average Bonchev–Trinajstić information content (AvgIpc) is 3.25. The molecule has 2 N–H and O–H groups in total. The molecule has 0 bridgehead atoms. The summed E-state index contributed by atoms with van der Waals surface area (Å²) >= 11 is 1.39. The van der Waals surface area contributed by atoms with Gasteiger partial charge in [0, 0.05) is 31.2 Å². The van der Waals surface area contributed by atoms with E-state index in [0.29, 0.717) is 23.5 Å². The first-order chi connectivity index (χ1) is 13.8. The van der Waals surface area contributed by atoms with Crippen molar-refractivity contribution in [2.24, 2.45) is 0 Å². The minimum absolute atomic E-state index is 0.0980. The van der Waals surface area contributed by atoms with E-state index in [2.05, 4.69) is 10.0 Å². The molecule has 3 rings (SSSR count). The van der Waals surface area contributed by atoms with Gasteiger partial charge in [0.25, 0.3) is 11.8 Å². The predicted octanol–water partition coefficient (Wildman–Crippen LogP) is 2.22. The molecule has 1 aromatic carbocycles. The van der Waals surface area contributed by atoms with Gasteiger partial charge in [0.05, 0.1) is 11.1 Å². The normalized spacial score (nSPS) is 17.1. The van der Waals surface area contributed by atoms with Crippen LogP contribution in [0.2, 0.25) is 0 Å². The Morgan fingerprint density at radius 3 is 2.59 bits per heavy atom. The lowest BCUT2D eigenvalue weighted by Crippen LogP contribution is -2.49. The number of sulfonamides is 1. The Labute approximate surface area is 175 Å². The van der Waals surface area contributed by atoms with Crippen LogP contribution in [0.4, 0.5) is 0 Å². The van der Waals surface area contributed by atoms with E-state index in [4.69, 9.17) is 0 Å². The van der Waals surface area contributed by atoms with Gasteiger partial charge >= 0.3 is 0 Å². The Morgan fingerprint density at radius 1 is 1.17 bits per heavy atom. The maximum atomic E-state index is 12.9. The summed E-state index contributed by atoms with van der Waals surface area (Å²) in [6, 6.07) is 10.6. The third-order valence-corrected chi connectivity index (χ3v) is 6.43. The van der Waals surface area contributed by atoms with Gasteiger partial charge in [0.15, 0.2) is 0 Å². The molecule has 1 aliphatic heterocycles. The maximum absolute atomic E-state index is 12.9. The number of hydrogen-bond acceptors (Lipinski definition) is 5. The second-order valence-corrected chi connectivity index (χ2v) is 9.91.